The molecule has 0 aliphatic rings. The van der Waals surface area contributed by atoms with Gasteiger partial charge in [-0.05, 0) is 61.7 Å². The van der Waals surface area contributed by atoms with Crippen LogP contribution in [0.5, 0.6) is 0 Å². The van der Waals surface area contributed by atoms with Crippen LogP contribution < -0.4 is 29.4 Å². The van der Waals surface area contributed by atoms with Crippen molar-refractivity contribution in [1.29, 1.82) is 0 Å². The molecular formula is C18H19Br2IN4S. The summed E-state index contributed by atoms with van der Waals surface area (Å²) in [6.45, 7) is 3.93. The number of nitrogens with two attached hydrogens (primary N) is 1. The minimum atomic E-state index is 0. The van der Waals surface area contributed by atoms with Crippen LogP contribution in [-0.2, 0) is 0 Å². The molecule has 0 atom stereocenters. The van der Waals surface area contributed by atoms with Gasteiger partial charge in [0.15, 0.2) is 0 Å². The minimum Gasteiger partial charge on any atom is -1.00 e. The van der Waals surface area contributed by atoms with Gasteiger partial charge in [-0.25, -0.2) is 0 Å². The number of benzene rings is 2. The summed E-state index contributed by atoms with van der Waals surface area (Å²) in [6, 6.07) is 16.1. The minimum absolute atomic E-state index is 0. The highest BCUT2D eigenvalue weighted by molar-refractivity contribution is 9.10. The molecular weight excluding hydrogens is 591 g/mol. The van der Waals surface area contributed by atoms with Crippen LogP contribution in [0.3, 0.4) is 0 Å². The van der Waals surface area contributed by atoms with E-state index in [2.05, 4.69) is 47.2 Å². The van der Waals surface area contributed by atoms with Crippen LogP contribution in [0.25, 0.3) is 0 Å². The van der Waals surface area contributed by atoms with Crippen molar-refractivity contribution >= 4 is 60.2 Å². The van der Waals surface area contributed by atoms with E-state index in [1.54, 1.807) is 5.43 Å². The average Bonchev–Trinajstić information content (AvgIpc) is 2.62. The monoisotopic (exact) mass is 608 g/mol. The van der Waals surface area contributed by atoms with E-state index in [1.165, 1.54) is 11.8 Å². The molecule has 0 heterocycles. The van der Waals surface area contributed by atoms with E-state index in [-0.39, 0.29) is 24.0 Å². The first-order chi connectivity index (χ1) is 12.0. The predicted octanol–water partition coefficient (Wildman–Crippen LogP) is 1.65. The second-order valence-corrected chi connectivity index (χ2v) is 7.84. The summed E-state index contributed by atoms with van der Waals surface area (Å²) < 4.78 is 2.10. The lowest BCUT2D eigenvalue weighted by Crippen LogP contribution is -3.00. The molecule has 0 radical (unpaired) electrons. The van der Waals surface area contributed by atoms with Gasteiger partial charge in [0, 0.05) is 14.5 Å². The smallest absolute Gasteiger partial charge is 0.305 e. The van der Waals surface area contributed by atoms with Gasteiger partial charge in [-0.1, -0.05) is 66.3 Å². The third-order valence-corrected chi connectivity index (χ3v) is 5.06. The molecule has 0 saturated heterocycles. The predicted molar refractivity (Wildman–Crippen MR) is 116 cm³/mol. The Morgan fingerprint density at radius 1 is 0.808 bits per heavy atom. The van der Waals surface area contributed by atoms with E-state index >= 15 is 0 Å². The number of halogens is 3. The van der Waals surface area contributed by atoms with Crippen molar-refractivity contribution in [3.63, 3.8) is 0 Å². The maximum absolute atomic E-state index is 4.51. The van der Waals surface area contributed by atoms with Crippen LogP contribution in [0.4, 0.5) is 0 Å². The summed E-state index contributed by atoms with van der Waals surface area (Å²) in [5.74, 6) is 0. The molecule has 0 spiro atoms. The lowest BCUT2D eigenvalue weighted by atomic mass is 10.1. The first-order valence-electron chi connectivity index (χ1n) is 7.55. The number of hydrogen-bond acceptors (Lipinski definition) is 4. The fourth-order valence-corrected chi connectivity index (χ4v) is 2.72. The molecule has 26 heavy (non-hydrogen) atoms. The van der Waals surface area contributed by atoms with E-state index in [9.17, 15) is 0 Å². The second-order valence-electron chi connectivity index (χ2n) is 5.19. The van der Waals surface area contributed by atoms with Crippen molar-refractivity contribution in [3.05, 3.63) is 68.6 Å². The third-order valence-electron chi connectivity index (χ3n) is 3.40. The highest BCUT2D eigenvalue weighted by Crippen LogP contribution is 2.12. The first kappa shape index (κ1) is 23.5. The Hall–Kier alpha value is -0.550. The molecule has 0 aromatic heterocycles. The number of quaternary nitrogens is 1. The number of nitrogens with zero attached hydrogens (tertiary/aromatic N) is 3. The molecule has 2 aromatic carbocycles. The molecule has 2 N–H and O–H groups in total. The average molecular weight is 610 g/mol. The van der Waals surface area contributed by atoms with Gasteiger partial charge >= 0.3 is 5.17 Å². The first-order valence-corrected chi connectivity index (χ1v) is 10.4. The summed E-state index contributed by atoms with van der Waals surface area (Å²) >= 11 is 8.38. The van der Waals surface area contributed by atoms with Crippen LogP contribution in [0.2, 0.25) is 0 Å². The molecule has 0 amide bonds. The largest absolute Gasteiger partial charge is 1.00 e. The molecule has 2 aromatic rings. The van der Waals surface area contributed by atoms with Crippen molar-refractivity contribution in [1.82, 2.24) is 0 Å². The van der Waals surface area contributed by atoms with E-state index in [0.29, 0.717) is 0 Å². The number of hydrogen-bond donors (Lipinski definition) is 1. The van der Waals surface area contributed by atoms with Gasteiger partial charge in [0.2, 0.25) is 0 Å². The standard InChI is InChI=1S/C18H18Br2N4S.HI/c1-12(14-4-8-16(19)9-5-14)21-23-18(25-3)24-22-13(2)15-6-10-17(20)11-7-15;/h4-11H,1-3H3,(H,23,24);1H. The van der Waals surface area contributed by atoms with Crippen molar-refractivity contribution in [2.24, 2.45) is 15.3 Å². The van der Waals surface area contributed by atoms with Crippen molar-refractivity contribution < 1.29 is 29.4 Å². The Balaban J connectivity index is 0.00000338. The summed E-state index contributed by atoms with van der Waals surface area (Å²) in [4.78, 5) is 0. The molecule has 0 aliphatic heterocycles. The van der Waals surface area contributed by atoms with Gasteiger partial charge in [-0.15, -0.1) is 5.10 Å². The zero-order valence-corrected chi connectivity index (χ0v) is 20.7. The molecule has 138 valence electrons. The van der Waals surface area contributed by atoms with E-state index in [0.717, 1.165) is 36.7 Å². The Kier molecular flexibility index (Phi) is 10.9. The number of thioether (sulfide) groups is 1. The summed E-state index contributed by atoms with van der Waals surface area (Å²) in [5, 5.41) is 13.9. The van der Waals surface area contributed by atoms with Gasteiger partial charge in [-0.2, -0.15) is 5.43 Å². The Morgan fingerprint density at radius 2 is 1.27 bits per heavy atom. The molecule has 2 rings (SSSR count). The Morgan fingerprint density at radius 3 is 1.73 bits per heavy atom. The SMILES string of the molecule is CS/C(=N/N=C(C)c1ccc(Br)cc1)[NH2+]N=C(C)c1ccc(Br)cc1.[I-]. The van der Waals surface area contributed by atoms with E-state index in [1.807, 2.05) is 68.6 Å². The van der Waals surface area contributed by atoms with Gasteiger partial charge in [-0.3, -0.25) is 0 Å². The quantitative estimate of drug-likeness (QED) is 0.185. The van der Waals surface area contributed by atoms with Crippen molar-refractivity contribution in [3.8, 4) is 0 Å². The highest BCUT2D eigenvalue weighted by Gasteiger charge is 2.04. The fourth-order valence-electron chi connectivity index (χ4n) is 1.91. The maximum Gasteiger partial charge on any atom is 0.305 e. The van der Waals surface area contributed by atoms with Gasteiger partial charge in [0.05, 0.1) is 5.71 Å². The van der Waals surface area contributed by atoms with Crippen LogP contribution in [0.1, 0.15) is 25.0 Å². The molecule has 4 nitrogen and oxygen atoms in total. The fraction of sp³-hybridized carbons (Fsp3) is 0.167. The van der Waals surface area contributed by atoms with Gasteiger partial charge < -0.3 is 24.0 Å². The van der Waals surface area contributed by atoms with Gasteiger partial charge in [0.25, 0.3) is 0 Å². The Bertz CT molecular complexity index is 803. The maximum atomic E-state index is 4.51. The summed E-state index contributed by atoms with van der Waals surface area (Å²) in [7, 11) is 0. The van der Waals surface area contributed by atoms with Crippen molar-refractivity contribution in [2.45, 2.75) is 13.8 Å². The zero-order valence-electron chi connectivity index (χ0n) is 14.6. The summed E-state index contributed by atoms with van der Waals surface area (Å²) in [6.07, 6.45) is 1.96. The molecule has 0 unspecified atom stereocenters. The third kappa shape index (κ3) is 7.59. The molecule has 0 bridgehead atoms. The van der Waals surface area contributed by atoms with Crippen LogP contribution in [0.15, 0.2) is 72.8 Å². The molecule has 0 saturated carbocycles. The summed E-state index contributed by atoms with van der Waals surface area (Å²) in [5.41, 5.74) is 5.67. The van der Waals surface area contributed by atoms with Crippen molar-refractivity contribution in [2.75, 3.05) is 6.26 Å². The molecule has 0 fully saturated rings. The zero-order chi connectivity index (χ0) is 18.2. The van der Waals surface area contributed by atoms with E-state index < -0.39 is 0 Å². The lowest BCUT2D eigenvalue weighted by molar-refractivity contribution is -0.540. The second kappa shape index (κ2) is 12.0. The number of amidine groups is 1. The van der Waals surface area contributed by atoms with Crippen LogP contribution >= 0.6 is 43.6 Å². The normalized spacial score (nSPS) is 12.7. The van der Waals surface area contributed by atoms with E-state index in [4.69, 9.17) is 0 Å². The lowest BCUT2D eigenvalue weighted by Gasteiger charge is -2.00. The van der Waals surface area contributed by atoms with Crippen LogP contribution in [0, 0.1) is 0 Å². The van der Waals surface area contributed by atoms with Crippen LogP contribution in [-0.4, -0.2) is 22.8 Å². The topological polar surface area (TPSA) is 53.7 Å². The molecule has 8 heteroatoms. The Labute approximate surface area is 192 Å². The number of rotatable bonds is 4. The highest BCUT2D eigenvalue weighted by atomic mass is 127. The molecule has 0 aliphatic carbocycles. The van der Waals surface area contributed by atoms with Gasteiger partial charge in [0.1, 0.15) is 5.71 Å².